The van der Waals surface area contributed by atoms with Crippen LogP contribution in [-0.2, 0) is 4.74 Å². The minimum atomic E-state index is 0.223. The molecule has 0 aromatic carbocycles. The number of nitrogens with zero attached hydrogens (tertiary/aromatic N) is 4. The van der Waals surface area contributed by atoms with Crippen LogP contribution in [0.5, 0.6) is 6.01 Å². The molecule has 0 amide bonds. The van der Waals surface area contributed by atoms with Gasteiger partial charge in [-0.05, 0) is 19.3 Å². The first-order valence-electron chi connectivity index (χ1n) is 6.90. The summed E-state index contributed by atoms with van der Waals surface area (Å²) in [6.45, 7) is 4.56. The third-order valence-electron chi connectivity index (χ3n) is 3.13. The van der Waals surface area contributed by atoms with Crippen molar-refractivity contribution in [3.8, 4) is 6.01 Å². The Hall–Kier alpha value is -1.67. The van der Waals surface area contributed by atoms with E-state index in [2.05, 4.69) is 32.2 Å². The molecule has 2 heterocycles. The van der Waals surface area contributed by atoms with Crippen LogP contribution in [0.25, 0.3) is 0 Å². The number of piperidine rings is 1. The molecular formula is C12H22N6O2. The summed E-state index contributed by atoms with van der Waals surface area (Å²) in [7, 11) is 1.52. The summed E-state index contributed by atoms with van der Waals surface area (Å²) < 4.78 is 10.9. The topological polar surface area (TPSA) is 98.4 Å². The van der Waals surface area contributed by atoms with Gasteiger partial charge in [0, 0.05) is 19.7 Å². The van der Waals surface area contributed by atoms with Crippen LogP contribution in [0.4, 0.5) is 11.9 Å². The summed E-state index contributed by atoms with van der Waals surface area (Å²) in [5, 5.41) is 0. The number of aromatic nitrogens is 3. The van der Waals surface area contributed by atoms with Crippen LogP contribution >= 0.6 is 0 Å². The maximum atomic E-state index is 5.81. The molecule has 0 spiro atoms. The van der Waals surface area contributed by atoms with Crippen molar-refractivity contribution in [1.82, 2.24) is 15.0 Å². The summed E-state index contributed by atoms with van der Waals surface area (Å²) >= 11 is 0. The highest BCUT2D eigenvalue weighted by molar-refractivity contribution is 5.38. The third-order valence-corrected chi connectivity index (χ3v) is 3.13. The normalized spacial score (nSPS) is 18.9. The van der Waals surface area contributed by atoms with E-state index in [1.54, 1.807) is 0 Å². The van der Waals surface area contributed by atoms with Gasteiger partial charge in [0.05, 0.1) is 13.2 Å². The molecule has 0 bridgehead atoms. The van der Waals surface area contributed by atoms with Crippen molar-refractivity contribution < 1.29 is 9.47 Å². The molecule has 1 fully saturated rings. The standard InChI is InChI=1S/C12H22N6O2/c1-3-7-20-9-5-4-6-18(8-9)11-14-10(17-13)15-12(16-11)19-2/h9H,3-8,13H2,1-2H3,(H,14,15,16,17). The van der Waals surface area contributed by atoms with Gasteiger partial charge in [-0.3, -0.25) is 5.43 Å². The van der Waals surface area contributed by atoms with Crippen LogP contribution in [-0.4, -0.2) is 47.9 Å². The summed E-state index contributed by atoms with van der Waals surface area (Å²) in [6, 6.07) is 0.250. The Kier molecular flexibility index (Phi) is 5.31. The lowest BCUT2D eigenvalue weighted by Crippen LogP contribution is -2.41. The Labute approximate surface area is 118 Å². The number of anilines is 2. The van der Waals surface area contributed by atoms with Crippen LogP contribution in [0.3, 0.4) is 0 Å². The number of nitrogen functional groups attached to an aromatic ring is 1. The van der Waals surface area contributed by atoms with E-state index in [-0.39, 0.29) is 12.1 Å². The van der Waals surface area contributed by atoms with Gasteiger partial charge in [0.1, 0.15) is 0 Å². The van der Waals surface area contributed by atoms with Gasteiger partial charge in [-0.1, -0.05) is 6.92 Å². The number of nitrogens with two attached hydrogens (primary N) is 1. The van der Waals surface area contributed by atoms with Gasteiger partial charge in [-0.25, -0.2) is 5.84 Å². The Balaban J connectivity index is 2.09. The van der Waals surface area contributed by atoms with E-state index in [0.29, 0.717) is 11.9 Å². The molecule has 1 aliphatic heterocycles. The first-order valence-corrected chi connectivity index (χ1v) is 6.90. The molecule has 0 saturated carbocycles. The van der Waals surface area contributed by atoms with E-state index < -0.39 is 0 Å². The molecule has 1 atom stereocenters. The van der Waals surface area contributed by atoms with Crippen molar-refractivity contribution in [1.29, 1.82) is 0 Å². The minimum Gasteiger partial charge on any atom is -0.467 e. The minimum absolute atomic E-state index is 0.223. The van der Waals surface area contributed by atoms with E-state index in [1.165, 1.54) is 7.11 Å². The number of nitrogens with one attached hydrogen (secondary N) is 1. The highest BCUT2D eigenvalue weighted by atomic mass is 16.5. The fraction of sp³-hybridized carbons (Fsp3) is 0.750. The van der Waals surface area contributed by atoms with E-state index in [9.17, 15) is 0 Å². The zero-order chi connectivity index (χ0) is 14.4. The molecule has 20 heavy (non-hydrogen) atoms. The maximum Gasteiger partial charge on any atom is 0.322 e. The van der Waals surface area contributed by atoms with Crippen molar-refractivity contribution in [2.24, 2.45) is 5.84 Å². The molecule has 0 radical (unpaired) electrons. The van der Waals surface area contributed by atoms with Crippen LogP contribution in [0, 0.1) is 0 Å². The van der Waals surface area contributed by atoms with Crippen LogP contribution in [0.2, 0.25) is 0 Å². The summed E-state index contributed by atoms with van der Waals surface area (Å²) in [4.78, 5) is 14.6. The van der Waals surface area contributed by atoms with E-state index in [1.807, 2.05) is 0 Å². The predicted molar refractivity (Wildman–Crippen MR) is 75.7 cm³/mol. The van der Waals surface area contributed by atoms with Crippen molar-refractivity contribution in [3.05, 3.63) is 0 Å². The van der Waals surface area contributed by atoms with E-state index >= 15 is 0 Å². The van der Waals surface area contributed by atoms with E-state index in [0.717, 1.165) is 39.0 Å². The Bertz CT molecular complexity index is 408. The average Bonchev–Trinajstić information content (AvgIpc) is 2.52. The highest BCUT2D eigenvalue weighted by Crippen LogP contribution is 2.20. The second-order valence-electron chi connectivity index (χ2n) is 4.67. The number of hydrogen-bond acceptors (Lipinski definition) is 8. The lowest BCUT2D eigenvalue weighted by Gasteiger charge is -2.32. The molecule has 1 saturated heterocycles. The number of hydrogen-bond donors (Lipinski definition) is 2. The van der Waals surface area contributed by atoms with Crippen molar-refractivity contribution in [2.45, 2.75) is 32.3 Å². The molecule has 1 aliphatic rings. The first-order chi connectivity index (χ1) is 9.76. The summed E-state index contributed by atoms with van der Waals surface area (Å²) in [5.41, 5.74) is 2.43. The monoisotopic (exact) mass is 282 g/mol. The zero-order valence-electron chi connectivity index (χ0n) is 12.0. The Morgan fingerprint density at radius 2 is 2.25 bits per heavy atom. The van der Waals surface area contributed by atoms with Gasteiger partial charge < -0.3 is 14.4 Å². The molecule has 112 valence electrons. The largest absolute Gasteiger partial charge is 0.467 e. The lowest BCUT2D eigenvalue weighted by atomic mass is 10.1. The zero-order valence-corrected chi connectivity index (χ0v) is 12.0. The van der Waals surface area contributed by atoms with Crippen molar-refractivity contribution >= 4 is 11.9 Å². The molecular weight excluding hydrogens is 260 g/mol. The molecule has 1 aromatic heterocycles. The molecule has 8 nitrogen and oxygen atoms in total. The molecule has 3 N–H and O–H groups in total. The van der Waals surface area contributed by atoms with Crippen LogP contribution < -0.4 is 20.9 Å². The van der Waals surface area contributed by atoms with Crippen molar-refractivity contribution in [2.75, 3.05) is 37.1 Å². The molecule has 2 rings (SSSR count). The van der Waals surface area contributed by atoms with Crippen molar-refractivity contribution in [3.63, 3.8) is 0 Å². The van der Waals surface area contributed by atoms with Gasteiger partial charge in [0.15, 0.2) is 0 Å². The summed E-state index contributed by atoms with van der Waals surface area (Å²) in [6.07, 6.45) is 3.37. The highest BCUT2D eigenvalue weighted by Gasteiger charge is 2.23. The Morgan fingerprint density at radius 3 is 2.95 bits per heavy atom. The number of methoxy groups -OCH3 is 1. The van der Waals surface area contributed by atoms with Gasteiger partial charge >= 0.3 is 6.01 Å². The maximum absolute atomic E-state index is 5.81. The third kappa shape index (κ3) is 3.67. The second-order valence-corrected chi connectivity index (χ2v) is 4.67. The molecule has 1 aromatic rings. The summed E-state index contributed by atoms with van der Waals surface area (Å²) in [5.74, 6) is 6.22. The van der Waals surface area contributed by atoms with Gasteiger partial charge in [-0.2, -0.15) is 15.0 Å². The van der Waals surface area contributed by atoms with Gasteiger partial charge in [0.2, 0.25) is 11.9 Å². The number of ether oxygens (including phenoxy) is 2. The smallest absolute Gasteiger partial charge is 0.322 e. The molecule has 8 heteroatoms. The van der Waals surface area contributed by atoms with E-state index in [4.69, 9.17) is 15.3 Å². The predicted octanol–water partition coefficient (Wildman–Crippen LogP) is 0.561. The average molecular weight is 282 g/mol. The second kappa shape index (κ2) is 7.20. The Morgan fingerprint density at radius 1 is 1.40 bits per heavy atom. The van der Waals surface area contributed by atoms with Gasteiger partial charge in [-0.15, -0.1) is 0 Å². The fourth-order valence-corrected chi connectivity index (χ4v) is 2.18. The van der Waals surface area contributed by atoms with Gasteiger partial charge in [0.25, 0.3) is 0 Å². The molecule has 1 unspecified atom stereocenters. The fourth-order valence-electron chi connectivity index (χ4n) is 2.18. The SMILES string of the molecule is CCCOC1CCCN(c2nc(NN)nc(OC)n2)C1. The van der Waals surface area contributed by atoms with Crippen LogP contribution in [0.1, 0.15) is 26.2 Å². The lowest BCUT2D eigenvalue weighted by molar-refractivity contribution is 0.0437. The number of hydrazine groups is 1. The molecule has 0 aliphatic carbocycles. The quantitative estimate of drug-likeness (QED) is 0.577. The van der Waals surface area contributed by atoms with Crippen LogP contribution in [0.15, 0.2) is 0 Å². The number of rotatable bonds is 6. The first kappa shape index (κ1) is 14.7.